The number of hydrogen-bond donors (Lipinski definition) is 2. The summed E-state index contributed by atoms with van der Waals surface area (Å²) in [6, 6.07) is 9.21. The van der Waals surface area contributed by atoms with E-state index in [1.165, 1.54) is 5.56 Å². The molecule has 1 aromatic heterocycles. The SMILES string of the molecule is Cc1ccc(-c2cc(NC(N)=O)n(C)n2)cc1. The van der Waals surface area contributed by atoms with Gasteiger partial charge in [-0.25, -0.2) is 4.79 Å². The molecule has 0 radical (unpaired) electrons. The third-order valence-corrected chi connectivity index (χ3v) is 2.48. The summed E-state index contributed by atoms with van der Waals surface area (Å²) in [5.74, 6) is 0.577. The second-order valence-electron chi connectivity index (χ2n) is 3.89. The van der Waals surface area contributed by atoms with Crippen molar-refractivity contribution in [1.29, 1.82) is 0 Å². The van der Waals surface area contributed by atoms with Crippen LogP contribution in [0.2, 0.25) is 0 Å². The lowest BCUT2D eigenvalue weighted by molar-refractivity contribution is 0.259. The fourth-order valence-corrected chi connectivity index (χ4v) is 1.58. The highest BCUT2D eigenvalue weighted by Gasteiger charge is 2.07. The number of nitrogens with two attached hydrogens (primary N) is 1. The van der Waals surface area contributed by atoms with Crippen molar-refractivity contribution in [3.8, 4) is 11.3 Å². The van der Waals surface area contributed by atoms with E-state index >= 15 is 0 Å². The molecule has 0 atom stereocenters. The Morgan fingerprint density at radius 3 is 2.59 bits per heavy atom. The van der Waals surface area contributed by atoms with Gasteiger partial charge in [0, 0.05) is 18.7 Å². The summed E-state index contributed by atoms with van der Waals surface area (Å²) in [7, 11) is 1.75. The van der Waals surface area contributed by atoms with Crippen LogP contribution in [0.5, 0.6) is 0 Å². The number of anilines is 1. The molecule has 0 aliphatic heterocycles. The average molecular weight is 230 g/mol. The van der Waals surface area contributed by atoms with Gasteiger partial charge in [-0.1, -0.05) is 29.8 Å². The summed E-state index contributed by atoms with van der Waals surface area (Å²) in [5, 5.41) is 6.82. The molecule has 0 saturated carbocycles. The number of benzene rings is 1. The minimum Gasteiger partial charge on any atom is -0.351 e. The van der Waals surface area contributed by atoms with Crippen LogP contribution in [0.4, 0.5) is 10.6 Å². The van der Waals surface area contributed by atoms with Gasteiger partial charge in [-0.15, -0.1) is 0 Å². The zero-order valence-corrected chi connectivity index (χ0v) is 9.77. The summed E-state index contributed by atoms with van der Waals surface area (Å²) >= 11 is 0. The quantitative estimate of drug-likeness (QED) is 0.826. The zero-order valence-electron chi connectivity index (χ0n) is 9.77. The maximum Gasteiger partial charge on any atom is 0.317 e. The van der Waals surface area contributed by atoms with Crippen LogP contribution >= 0.6 is 0 Å². The van der Waals surface area contributed by atoms with Gasteiger partial charge < -0.3 is 5.73 Å². The van der Waals surface area contributed by atoms with Gasteiger partial charge in [0.05, 0.1) is 5.69 Å². The van der Waals surface area contributed by atoms with Gasteiger partial charge in [0.2, 0.25) is 0 Å². The molecular weight excluding hydrogens is 216 g/mol. The van der Waals surface area contributed by atoms with Gasteiger partial charge in [-0.3, -0.25) is 10.00 Å². The summed E-state index contributed by atoms with van der Waals surface area (Å²) < 4.78 is 1.58. The smallest absolute Gasteiger partial charge is 0.317 e. The van der Waals surface area contributed by atoms with E-state index in [9.17, 15) is 4.79 Å². The number of hydrogen-bond acceptors (Lipinski definition) is 2. The highest BCUT2D eigenvalue weighted by Crippen LogP contribution is 2.21. The topological polar surface area (TPSA) is 72.9 Å². The maximum absolute atomic E-state index is 10.8. The first-order valence-electron chi connectivity index (χ1n) is 5.24. The predicted molar refractivity (Wildman–Crippen MR) is 66.6 cm³/mol. The molecule has 0 fully saturated rings. The number of carbonyl (C=O) groups is 1. The van der Waals surface area contributed by atoms with Gasteiger partial charge in [0.15, 0.2) is 0 Å². The Kier molecular flexibility index (Phi) is 2.82. The number of nitrogens with zero attached hydrogens (tertiary/aromatic N) is 2. The number of aryl methyl sites for hydroxylation is 2. The molecule has 0 unspecified atom stereocenters. The molecule has 17 heavy (non-hydrogen) atoms. The monoisotopic (exact) mass is 230 g/mol. The van der Waals surface area contributed by atoms with Crippen LogP contribution < -0.4 is 11.1 Å². The molecule has 3 N–H and O–H groups in total. The largest absolute Gasteiger partial charge is 0.351 e. The fraction of sp³-hybridized carbons (Fsp3) is 0.167. The number of rotatable bonds is 2. The van der Waals surface area contributed by atoms with Crippen molar-refractivity contribution in [2.24, 2.45) is 12.8 Å². The van der Waals surface area contributed by atoms with Crippen LogP contribution in [0, 0.1) is 6.92 Å². The number of urea groups is 1. The first-order valence-corrected chi connectivity index (χ1v) is 5.24. The minimum atomic E-state index is -0.594. The van der Waals surface area contributed by atoms with Crippen LogP contribution in [0.15, 0.2) is 30.3 Å². The van der Waals surface area contributed by atoms with Crippen molar-refractivity contribution in [1.82, 2.24) is 9.78 Å². The Morgan fingerprint density at radius 1 is 1.35 bits per heavy atom. The Balaban J connectivity index is 2.34. The first-order chi connectivity index (χ1) is 8.06. The number of carbonyl (C=O) groups excluding carboxylic acids is 1. The third-order valence-electron chi connectivity index (χ3n) is 2.48. The molecule has 1 aromatic carbocycles. The van der Waals surface area contributed by atoms with Gasteiger partial charge in [0.25, 0.3) is 0 Å². The van der Waals surface area contributed by atoms with Crippen LogP contribution in [-0.2, 0) is 7.05 Å². The predicted octanol–water partition coefficient (Wildman–Crippen LogP) is 1.89. The summed E-state index contributed by atoms with van der Waals surface area (Å²) in [4.78, 5) is 10.8. The van der Waals surface area contributed by atoms with E-state index in [-0.39, 0.29) is 0 Å². The van der Waals surface area contributed by atoms with E-state index in [2.05, 4.69) is 10.4 Å². The van der Waals surface area contributed by atoms with Crippen LogP contribution in [-0.4, -0.2) is 15.8 Å². The Hall–Kier alpha value is -2.30. The van der Waals surface area contributed by atoms with Crippen molar-refractivity contribution >= 4 is 11.8 Å². The molecule has 0 bridgehead atoms. The van der Waals surface area contributed by atoms with Gasteiger partial charge in [-0.05, 0) is 6.92 Å². The molecular formula is C12H14N4O. The van der Waals surface area contributed by atoms with Gasteiger partial charge in [0.1, 0.15) is 5.82 Å². The average Bonchev–Trinajstić information content (AvgIpc) is 2.60. The molecule has 2 rings (SSSR count). The molecule has 0 saturated heterocycles. The molecule has 2 aromatic rings. The number of amides is 2. The van der Waals surface area contributed by atoms with Crippen molar-refractivity contribution in [3.05, 3.63) is 35.9 Å². The van der Waals surface area contributed by atoms with Crippen molar-refractivity contribution in [3.63, 3.8) is 0 Å². The van der Waals surface area contributed by atoms with E-state index in [4.69, 9.17) is 5.73 Å². The lowest BCUT2D eigenvalue weighted by Gasteiger charge is -1.99. The fourth-order valence-electron chi connectivity index (χ4n) is 1.58. The van der Waals surface area contributed by atoms with E-state index in [0.29, 0.717) is 5.82 Å². The highest BCUT2D eigenvalue weighted by molar-refractivity contribution is 5.87. The molecule has 0 aliphatic rings. The lowest BCUT2D eigenvalue weighted by Crippen LogP contribution is -2.20. The van der Waals surface area contributed by atoms with Gasteiger partial charge >= 0.3 is 6.03 Å². The lowest BCUT2D eigenvalue weighted by atomic mass is 10.1. The number of primary amides is 1. The normalized spacial score (nSPS) is 10.2. The molecule has 5 heteroatoms. The molecule has 0 spiro atoms. The van der Waals surface area contributed by atoms with Crippen molar-refractivity contribution in [2.45, 2.75) is 6.92 Å². The van der Waals surface area contributed by atoms with Crippen LogP contribution in [0.3, 0.4) is 0 Å². The number of nitrogens with one attached hydrogen (secondary N) is 1. The van der Waals surface area contributed by atoms with Crippen LogP contribution in [0.25, 0.3) is 11.3 Å². The van der Waals surface area contributed by atoms with Crippen molar-refractivity contribution < 1.29 is 4.79 Å². The Bertz CT molecular complexity index is 542. The molecule has 5 nitrogen and oxygen atoms in total. The maximum atomic E-state index is 10.8. The zero-order chi connectivity index (χ0) is 12.4. The Labute approximate surface area is 99.2 Å². The highest BCUT2D eigenvalue weighted by atomic mass is 16.2. The summed E-state index contributed by atoms with van der Waals surface area (Å²) in [5.41, 5.74) is 8.07. The summed E-state index contributed by atoms with van der Waals surface area (Å²) in [6.07, 6.45) is 0. The van der Waals surface area contributed by atoms with Crippen molar-refractivity contribution in [2.75, 3.05) is 5.32 Å². The second kappa shape index (κ2) is 4.29. The van der Waals surface area contributed by atoms with Gasteiger partial charge in [-0.2, -0.15) is 5.10 Å². The van der Waals surface area contributed by atoms with E-state index in [1.807, 2.05) is 31.2 Å². The first kappa shape index (κ1) is 11.2. The minimum absolute atomic E-state index is 0.577. The third kappa shape index (κ3) is 2.44. The van der Waals surface area contributed by atoms with E-state index < -0.39 is 6.03 Å². The second-order valence-corrected chi connectivity index (χ2v) is 3.89. The number of aromatic nitrogens is 2. The standard InChI is InChI=1S/C12H14N4O/c1-8-3-5-9(6-4-8)10-7-11(14-12(13)17)16(2)15-10/h3-7H,1-2H3,(H3,13,14,17). The van der Waals surface area contributed by atoms with Crippen LogP contribution in [0.1, 0.15) is 5.56 Å². The molecule has 0 aliphatic carbocycles. The van der Waals surface area contributed by atoms with E-state index in [1.54, 1.807) is 17.8 Å². The molecule has 1 heterocycles. The summed E-state index contributed by atoms with van der Waals surface area (Å²) in [6.45, 7) is 2.03. The Morgan fingerprint density at radius 2 is 2.00 bits per heavy atom. The molecule has 88 valence electrons. The molecule has 2 amide bonds. The van der Waals surface area contributed by atoms with E-state index in [0.717, 1.165) is 11.3 Å².